The fourth-order valence-corrected chi connectivity index (χ4v) is 4.01. The van der Waals surface area contributed by atoms with Crippen LogP contribution in [0.1, 0.15) is 50.1 Å². The van der Waals surface area contributed by atoms with E-state index >= 15 is 0 Å². The van der Waals surface area contributed by atoms with Gasteiger partial charge in [-0.3, -0.25) is 9.59 Å². The third-order valence-corrected chi connectivity index (χ3v) is 5.60. The van der Waals surface area contributed by atoms with Crippen LogP contribution in [0.15, 0.2) is 28.7 Å². The number of carbonyl (C=O) groups is 2. The second-order valence-corrected chi connectivity index (χ2v) is 7.45. The molecule has 22 heavy (non-hydrogen) atoms. The number of amides is 1. The van der Waals surface area contributed by atoms with Crippen LogP contribution >= 0.6 is 15.9 Å². The number of hydrogen-bond donors (Lipinski definition) is 2. The van der Waals surface area contributed by atoms with E-state index in [9.17, 15) is 9.59 Å². The highest BCUT2D eigenvalue weighted by Gasteiger charge is 2.58. The Bertz CT molecular complexity index is 578. The summed E-state index contributed by atoms with van der Waals surface area (Å²) in [5.41, 5.74) is 1.07. The Morgan fingerprint density at radius 1 is 1.27 bits per heavy atom. The first-order valence-corrected chi connectivity index (χ1v) is 8.57. The van der Waals surface area contributed by atoms with Crippen molar-refractivity contribution < 1.29 is 14.7 Å². The number of hydrogen-bond acceptors (Lipinski definition) is 2. The van der Waals surface area contributed by atoms with Crippen molar-refractivity contribution in [2.75, 3.05) is 0 Å². The largest absolute Gasteiger partial charge is 0.481 e. The van der Waals surface area contributed by atoms with E-state index in [-0.39, 0.29) is 23.7 Å². The maximum absolute atomic E-state index is 12.5. The van der Waals surface area contributed by atoms with Gasteiger partial charge in [0.25, 0.3) is 0 Å². The molecule has 0 bridgehead atoms. The number of aliphatic carboxylic acids is 1. The molecule has 2 fully saturated rings. The molecule has 3 rings (SSSR count). The summed E-state index contributed by atoms with van der Waals surface area (Å²) in [7, 11) is 0. The van der Waals surface area contributed by atoms with Gasteiger partial charge in [-0.1, -0.05) is 40.9 Å². The Kier molecular flexibility index (Phi) is 4.26. The van der Waals surface area contributed by atoms with Gasteiger partial charge in [-0.05, 0) is 42.4 Å². The van der Waals surface area contributed by atoms with Gasteiger partial charge in [-0.2, -0.15) is 0 Å². The van der Waals surface area contributed by atoms with Gasteiger partial charge in [-0.15, -0.1) is 0 Å². The van der Waals surface area contributed by atoms with Crippen molar-refractivity contribution in [3.63, 3.8) is 0 Å². The predicted octanol–water partition coefficient (Wildman–Crippen LogP) is 3.66. The highest BCUT2D eigenvalue weighted by molar-refractivity contribution is 9.10. The molecule has 1 aromatic rings. The average Bonchev–Trinajstić information content (AvgIpc) is 2.96. The molecule has 0 saturated heterocycles. The summed E-state index contributed by atoms with van der Waals surface area (Å²) in [5, 5.41) is 12.1. The van der Waals surface area contributed by atoms with Crippen molar-refractivity contribution in [3.05, 3.63) is 34.3 Å². The summed E-state index contributed by atoms with van der Waals surface area (Å²) in [5.74, 6) is -0.794. The second-order valence-electron chi connectivity index (χ2n) is 6.54. The molecular weight excluding hydrogens is 346 g/mol. The molecule has 1 amide bonds. The number of benzene rings is 1. The van der Waals surface area contributed by atoms with Crippen LogP contribution in [0.3, 0.4) is 0 Å². The Hall–Kier alpha value is -1.36. The number of carbonyl (C=O) groups excluding carboxylic acids is 1. The van der Waals surface area contributed by atoms with Crippen molar-refractivity contribution in [2.24, 2.45) is 11.3 Å². The Morgan fingerprint density at radius 2 is 1.91 bits per heavy atom. The third kappa shape index (κ3) is 3.19. The van der Waals surface area contributed by atoms with Crippen LogP contribution < -0.4 is 5.32 Å². The molecule has 2 aliphatic rings. The molecule has 118 valence electrons. The molecule has 4 nitrogen and oxygen atoms in total. The molecule has 2 N–H and O–H groups in total. The highest BCUT2D eigenvalue weighted by atomic mass is 79.9. The molecular formula is C17H20BrNO3. The van der Waals surface area contributed by atoms with Gasteiger partial charge in [-0.25, -0.2) is 0 Å². The Labute approximate surface area is 138 Å². The van der Waals surface area contributed by atoms with Crippen molar-refractivity contribution in [3.8, 4) is 0 Å². The van der Waals surface area contributed by atoms with E-state index in [1.807, 2.05) is 24.3 Å². The van der Waals surface area contributed by atoms with Crippen molar-refractivity contribution in [2.45, 2.75) is 44.6 Å². The molecule has 0 radical (unpaired) electrons. The van der Waals surface area contributed by atoms with Crippen LogP contribution in [-0.4, -0.2) is 17.0 Å². The van der Waals surface area contributed by atoms with Gasteiger partial charge in [0, 0.05) is 10.4 Å². The van der Waals surface area contributed by atoms with Gasteiger partial charge >= 0.3 is 5.97 Å². The average molecular weight is 366 g/mol. The summed E-state index contributed by atoms with van der Waals surface area (Å²) in [6.45, 7) is 0. The smallest absolute Gasteiger partial charge is 0.305 e. The van der Waals surface area contributed by atoms with Crippen molar-refractivity contribution in [1.82, 2.24) is 5.32 Å². The topological polar surface area (TPSA) is 66.4 Å². The Morgan fingerprint density at radius 3 is 2.50 bits per heavy atom. The van der Waals surface area contributed by atoms with Crippen LogP contribution in [0.25, 0.3) is 0 Å². The Balaban J connectivity index is 1.69. The summed E-state index contributed by atoms with van der Waals surface area (Å²) in [6.07, 6.45) is 5.61. The van der Waals surface area contributed by atoms with Crippen LogP contribution in [-0.2, 0) is 9.59 Å². The minimum absolute atomic E-state index is 0.0241. The summed E-state index contributed by atoms with van der Waals surface area (Å²) >= 11 is 3.37. The quantitative estimate of drug-likeness (QED) is 0.836. The fraction of sp³-hybridized carbons (Fsp3) is 0.529. The summed E-state index contributed by atoms with van der Waals surface area (Å²) in [6, 6.07) is 6.99. The normalized spacial score (nSPS) is 23.2. The molecule has 0 aromatic heterocycles. The van der Waals surface area contributed by atoms with Gasteiger partial charge in [0.05, 0.1) is 12.5 Å². The molecule has 2 saturated carbocycles. The van der Waals surface area contributed by atoms with Crippen LogP contribution in [0, 0.1) is 11.3 Å². The first-order valence-electron chi connectivity index (χ1n) is 7.78. The summed E-state index contributed by atoms with van der Waals surface area (Å²) in [4.78, 5) is 23.6. The van der Waals surface area contributed by atoms with Crippen molar-refractivity contribution in [1.29, 1.82) is 0 Å². The minimum Gasteiger partial charge on any atom is -0.481 e. The third-order valence-electron chi connectivity index (χ3n) is 5.07. The summed E-state index contributed by atoms with van der Waals surface area (Å²) < 4.78 is 0.934. The lowest BCUT2D eigenvalue weighted by atomic mass is 10.00. The fourth-order valence-electron chi connectivity index (χ4n) is 3.74. The maximum atomic E-state index is 12.5. The van der Waals surface area contributed by atoms with E-state index in [0.29, 0.717) is 0 Å². The number of carboxylic acids is 1. The molecule has 5 heteroatoms. The molecule has 0 aliphatic heterocycles. The second kappa shape index (κ2) is 6.03. The first-order chi connectivity index (χ1) is 10.5. The van der Waals surface area contributed by atoms with E-state index in [0.717, 1.165) is 29.3 Å². The zero-order valence-corrected chi connectivity index (χ0v) is 13.9. The van der Waals surface area contributed by atoms with Crippen LogP contribution in [0.5, 0.6) is 0 Å². The van der Waals surface area contributed by atoms with Gasteiger partial charge in [0.2, 0.25) is 5.91 Å². The number of nitrogens with one attached hydrogen (secondary N) is 1. The van der Waals surface area contributed by atoms with Crippen molar-refractivity contribution >= 4 is 27.8 Å². The molecule has 1 spiro atoms. The number of halogens is 1. The number of carboxylic acid groups (broad SMARTS) is 1. The zero-order valence-electron chi connectivity index (χ0n) is 12.3. The van der Waals surface area contributed by atoms with Gasteiger partial charge in [0.15, 0.2) is 0 Å². The van der Waals surface area contributed by atoms with Gasteiger partial charge in [0.1, 0.15) is 0 Å². The zero-order chi connectivity index (χ0) is 15.7. The predicted molar refractivity (Wildman–Crippen MR) is 86.3 cm³/mol. The number of rotatable bonds is 5. The van der Waals surface area contributed by atoms with Gasteiger partial charge < -0.3 is 10.4 Å². The maximum Gasteiger partial charge on any atom is 0.305 e. The van der Waals surface area contributed by atoms with E-state index in [1.165, 1.54) is 12.8 Å². The molecule has 2 unspecified atom stereocenters. The van der Waals surface area contributed by atoms with Crippen LogP contribution in [0.4, 0.5) is 0 Å². The lowest BCUT2D eigenvalue weighted by Gasteiger charge is -2.18. The molecule has 2 atom stereocenters. The van der Waals surface area contributed by atoms with E-state index in [4.69, 9.17) is 5.11 Å². The van der Waals surface area contributed by atoms with Crippen LogP contribution in [0.2, 0.25) is 0 Å². The van der Waals surface area contributed by atoms with E-state index in [1.54, 1.807) is 0 Å². The highest BCUT2D eigenvalue weighted by Crippen LogP contribution is 2.62. The lowest BCUT2D eigenvalue weighted by Crippen LogP contribution is -2.32. The molecule has 2 aliphatic carbocycles. The monoisotopic (exact) mass is 365 g/mol. The standard InChI is InChI=1S/C17H20BrNO3/c18-12-5-3-11(4-6-12)14(9-15(20)21)19-16(22)13-10-17(13)7-1-2-8-17/h3-6,13-14H,1-2,7-10H2,(H,19,22)(H,20,21). The molecule has 0 heterocycles. The lowest BCUT2D eigenvalue weighted by molar-refractivity contribution is -0.137. The minimum atomic E-state index is -0.903. The molecule has 1 aromatic carbocycles. The SMILES string of the molecule is O=C(O)CC(NC(=O)C1CC12CCCC2)c1ccc(Br)cc1. The van der Waals surface area contributed by atoms with E-state index in [2.05, 4.69) is 21.2 Å². The van der Waals surface area contributed by atoms with E-state index < -0.39 is 12.0 Å². The first kappa shape index (κ1) is 15.5.